The maximum absolute atomic E-state index is 5.92. The predicted molar refractivity (Wildman–Crippen MR) is 61.3 cm³/mol. The lowest BCUT2D eigenvalue weighted by atomic mass is 10.1. The average molecular weight is 254 g/mol. The third-order valence-corrected chi connectivity index (χ3v) is 4.66. The Morgan fingerprint density at radius 3 is 2.08 bits per heavy atom. The summed E-state index contributed by atoms with van der Waals surface area (Å²) >= 11 is 19.6. The summed E-state index contributed by atoms with van der Waals surface area (Å²) in [6.45, 7) is 0. The van der Waals surface area contributed by atoms with Crippen LogP contribution in [0.25, 0.3) is 0 Å². The summed E-state index contributed by atoms with van der Waals surface area (Å²) in [5.74, 6) is 1.22. The van der Waals surface area contributed by atoms with E-state index in [1.54, 1.807) is 0 Å². The maximum Gasteiger partial charge on any atom is 0.0778 e. The van der Waals surface area contributed by atoms with Gasteiger partial charge in [-0.1, -0.05) is 34.8 Å². The van der Waals surface area contributed by atoms with Crippen molar-refractivity contribution < 1.29 is 0 Å². The number of hydrogen-bond donors (Lipinski definition) is 0. The highest BCUT2D eigenvalue weighted by Crippen LogP contribution is 2.45. The van der Waals surface area contributed by atoms with Gasteiger partial charge in [0.2, 0.25) is 0 Å². The summed E-state index contributed by atoms with van der Waals surface area (Å²) in [7, 11) is 0. The number of benzene rings is 1. The van der Waals surface area contributed by atoms with Crippen LogP contribution in [0.2, 0.25) is 15.1 Å². The van der Waals surface area contributed by atoms with Crippen LogP contribution in [0.1, 0.15) is 17.2 Å². The number of hydrogen-bond acceptors (Lipinski definition) is 1. The summed E-state index contributed by atoms with van der Waals surface area (Å²) in [6.07, 6.45) is 1.21. The lowest BCUT2D eigenvalue weighted by molar-refractivity contribution is 0.849. The molecule has 0 nitrogen and oxygen atoms in total. The largest absolute Gasteiger partial charge is 0.154 e. The van der Waals surface area contributed by atoms with E-state index in [0.29, 0.717) is 20.3 Å². The van der Waals surface area contributed by atoms with Gasteiger partial charge in [-0.25, -0.2) is 0 Å². The summed E-state index contributed by atoms with van der Waals surface area (Å²) in [5, 5.41) is 2.12. The molecule has 1 aliphatic heterocycles. The van der Waals surface area contributed by atoms with Crippen molar-refractivity contribution in [3.63, 3.8) is 0 Å². The Labute approximate surface area is 96.6 Å². The third-order valence-electron chi connectivity index (χ3n) is 2.08. The van der Waals surface area contributed by atoms with Crippen molar-refractivity contribution in [3.05, 3.63) is 32.8 Å². The normalized spacial score (nSPS) is 21.3. The van der Waals surface area contributed by atoms with Crippen molar-refractivity contribution in [1.29, 1.82) is 0 Å². The quantitative estimate of drug-likeness (QED) is 0.646. The van der Waals surface area contributed by atoms with Crippen molar-refractivity contribution in [2.75, 3.05) is 5.75 Å². The zero-order chi connectivity index (χ0) is 9.42. The second kappa shape index (κ2) is 3.90. The molecule has 4 heteroatoms. The summed E-state index contributed by atoms with van der Waals surface area (Å²) in [5.41, 5.74) is 1.19. The van der Waals surface area contributed by atoms with E-state index in [1.165, 1.54) is 17.7 Å². The van der Waals surface area contributed by atoms with E-state index in [9.17, 15) is 0 Å². The fourth-order valence-corrected chi connectivity index (χ4v) is 2.67. The first kappa shape index (κ1) is 9.97. The van der Waals surface area contributed by atoms with Crippen LogP contribution in [0.4, 0.5) is 0 Å². The van der Waals surface area contributed by atoms with Crippen molar-refractivity contribution >= 4 is 46.6 Å². The van der Waals surface area contributed by atoms with Crippen molar-refractivity contribution in [2.24, 2.45) is 0 Å². The van der Waals surface area contributed by atoms with Gasteiger partial charge in [-0.15, -0.1) is 0 Å². The standard InChI is InChI=1S/C9H7Cl3S/c10-6-3-5(8-1-2-13-8)4-7(11)9(6)12/h3-4,8H,1-2H2. The van der Waals surface area contributed by atoms with E-state index in [4.69, 9.17) is 34.8 Å². The minimum Gasteiger partial charge on any atom is -0.154 e. The Kier molecular flexibility index (Phi) is 2.99. The first-order valence-corrected chi connectivity index (χ1v) is 6.13. The Morgan fingerprint density at radius 1 is 1.15 bits per heavy atom. The van der Waals surface area contributed by atoms with Crippen LogP contribution in [0.5, 0.6) is 0 Å². The van der Waals surface area contributed by atoms with Gasteiger partial charge in [-0.05, 0) is 29.9 Å². The summed E-state index contributed by atoms with van der Waals surface area (Å²) < 4.78 is 0. The van der Waals surface area contributed by atoms with E-state index in [0.717, 1.165) is 0 Å². The number of halogens is 3. The molecule has 1 unspecified atom stereocenters. The van der Waals surface area contributed by atoms with Crippen LogP contribution < -0.4 is 0 Å². The molecule has 0 saturated carbocycles. The van der Waals surface area contributed by atoms with Gasteiger partial charge in [-0.3, -0.25) is 0 Å². The molecule has 0 N–H and O–H groups in total. The Balaban J connectivity index is 2.37. The average Bonchev–Trinajstić information content (AvgIpc) is 1.96. The fraction of sp³-hybridized carbons (Fsp3) is 0.333. The smallest absolute Gasteiger partial charge is 0.0778 e. The first-order chi connectivity index (χ1) is 6.18. The highest BCUT2D eigenvalue weighted by atomic mass is 35.5. The van der Waals surface area contributed by atoms with E-state index >= 15 is 0 Å². The van der Waals surface area contributed by atoms with Gasteiger partial charge in [0, 0.05) is 5.25 Å². The molecule has 0 aromatic heterocycles. The Bertz CT molecular complexity index is 311. The van der Waals surface area contributed by atoms with E-state index in [2.05, 4.69) is 0 Å². The molecule has 1 fully saturated rings. The topological polar surface area (TPSA) is 0 Å². The fourth-order valence-electron chi connectivity index (χ4n) is 1.26. The zero-order valence-corrected chi connectivity index (χ0v) is 9.77. The second-order valence-corrected chi connectivity index (χ2v) is 5.45. The van der Waals surface area contributed by atoms with Gasteiger partial charge in [0.1, 0.15) is 0 Å². The molecule has 0 radical (unpaired) electrons. The van der Waals surface area contributed by atoms with Gasteiger partial charge >= 0.3 is 0 Å². The lowest BCUT2D eigenvalue weighted by Crippen LogP contribution is -2.06. The Hall–Kier alpha value is 0.440. The van der Waals surface area contributed by atoms with Crippen molar-refractivity contribution in [3.8, 4) is 0 Å². The molecule has 0 aliphatic carbocycles. The number of rotatable bonds is 1. The molecule has 1 heterocycles. The molecule has 0 amide bonds. The van der Waals surface area contributed by atoms with Crippen LogP contribution in [-0.4, -0.2) is 5.75 Å². The van der Waals surface area contributed by atoms with Crippen molar-refractivity contribution in [1.82, 2.24) is 0 Å². The highest BCUT2D eigenvalue weighted by Gasteiger charge is 2.21. The molecular weight excluding hydrogens is 247 g/mol. The molecule has 1 saturated heterocycles. The van der Waals surface area contributed by atoms with E-state index in [1.807, 2.05) is 23.9 Å². The molecule has 13 heavy (non-hydrogen) atoms. The molecule has 2 rings (SSSR count). The van der Waals surface area contributed by atoms with Gasteiger partial charge in [0.25, 0.3) is 0 Å². The second-order valence-electron chi connectivity index (χ2n) is 2.95. The molecule has 1 atom stereocenters. The minimum absolute atomic E-state index is 0.455. The molecule has 1 aromatic carbocycles. The summed E-state index contributed by atoms with van der Waals surface area (Å²) in [4.78, 5) is 0. The van der Waals surface area contributed by atoms with Gasteiger partial charge in [0.15, 0.2) is 0 Å². The number of thioether (sulfide) groups is 1. The zero-order valence-electron chi connectivity index (χ0n) is 6.69. The molecule has 1 aromatic rings. The van der Waals surface area contributed by atoms with Crippen LogP contribution in [0, 0.1) is 0 Å². The molecule has 0 spiro atoms. The minimum atomic E-state index is 0.455. The van der Waals surface area contributed by atoms with Gasteiger partial charge < -0.3 is 0 Å². The molecule has 70 valence electrons. The third kappa shape index (κ3) is 1.94. The SMILES string of the molecule is Clc1cc(C2CCS2)cc(Cl)c1Cl. The highest BCUT2D eigenvalue weighted by molar-refractivity contribution is 8.00. The van der Waals surface area contributed by atoms with Crippen LogP contribution in [0.15, 0.2) is 12.1 Å². The monoisotopic (exact) mass is 252 g/mol. The van der Waals surface area contributed by atoms with Crippen LogP contribution in [0.3, 0.4) is 0 Å². The molecular formula is C9H7Cl3S. The lowest BCUT2D eigenvalue weighted by Gasteiger charge is -2.25. The summed E-state index contributed by atoms with van der Waals surface area (Å²) in [6, 6.07) is 3.82. The van der Waals surface area contributed by atoms with Gasteiger partial charge in [-0.2, -0.15) is 11.8 Å². The van der Waals surface area contributed by atoms with Gasteiger partial charge in [0.05, 0.1) is 15.1 Å². The van der Waals surface area contributed by atoms with Crippen molar-refractivity contribution in [2.45, 2.75) is 11.7 Å². The maximum atomic E-state index is 5.92. The molecule has 0 bridgehead atoms. The molecule has 1 aliphatic rings. The first-order valence-electron chi connectivity index (χ1n) is 3.94. The van der Waals surface area contributed by atoms with E-state index in [-0.39, 0.29) is 0 Å². The van der Waals surface area contributed by atoms with Crippen LogP contribution >= 0.6 is 46.6 Å². The van der Waals surface area contributed by atoms with Crippen LogP contribution in [-0.2, 0) is 0 Å². The van der Waals surface area contributed by atoms with E-state index < -0.39 is 0 Å². The Morgan fingerprint density at radius 2 is 1.69 bits per heavy atom. The predicted octanol–water partition coefficient (Wildman–Crippen LogP) is 4.82.